The molecule has 0 aromatic carbocycles. The Morgan fingerprint density at radius 1 is 1.22 bits per heavy atom. The number of ether oxygens (including phenoxy) is 1. The first-order chi connectivity index (χ1) is 8.81. The van der Waals surface area contributed by atoms with Crippen LogP contribution in [0.5, 0.6) is 0 Å². The van der Waals surface area contributed by atoms with Crippen molar-refractivity contribution >= 4 is 12.0 Å². The van der Waals surface area contributed by atoms with Crippen molar-refractivity contribution in [3.63, 3.8) is 0 Å². The first-order valence-electron chi connectivity index (χ1n) is 6.19. The van der Waals surface area contributed by atoms with E-state index in [-0.39, 0.29) is 5.97 Å². The minimum atomic E-state index is -0.238. The maximum Gasteiger partial charge on any atom is 0.338 e. The quantitative estimate of drug-likeness (QED) is 0.748. The fraction of sp³-hybridized carbons (Fsp3) is 0.188. The van der Waals surface area contributed by atoms with Gasteiger partial charge in [-0.2, -0.15) is 0 Å². The summed E-state index contributed by atoms with van der Waals surface area (Å²) in [5.74, 6) is -0.238. The molecule has 0 fully saturated rings. The lowest BCUT2D eigenvalue weighted by Crippen LogP contribution is -2.04. The van der Waals surface area contributed by atoms with E-state index in [2.05, 4.69) is 18.2 Å². The molecule has 18 heavy (non-hydrogen) atoms. The summed E-state index contributed by atoms with van der Waals surface area (Å²) >= 11 is 0. The molecule has 3 rings (SSSR count). The molecule has 2 nitrogen and oxygen atoms in total. The molecule has 0 amide bonds. The zero-order chi connectivity index (χ0) is 12.5. The molecule has 0 aromatic rings. The molecule has 0 spiro atoms. The van der Waals surface area contributed by atoms with Gasteiger partial charge in [0.2, 0.25) is 0 Å². The first-order valence-corrected chi connectivity index (χ1v) is 6.19. The van der Waals surface area contributed by atoms with E-state index in [4.69, 9.17) is 4.74 Å². The second-order valence-corrected chi connectivity index (χ2v) is 4.36. The summed E-state index contributed by atoms with van der Waals surface area (Å²) in [6, 6.07) is 9.97. The van der Waals surface area contributed by atoms with E-state index in [1.54, 1.807) is 0 Å². The molecule has 3 aliphatic rings. The summed E-state index contributed by atoms with van der Waals surface area (Å²) in [6.07, 6.45) is 5.22. The van der Waals surface area contributed by atoms with Crippen LogP contribution in [0.15, 0.2) is 36.4 Å². The third kappa shape index (κ3) is 1.61. The lowest BCUT2D eigenvalue weighted by Gasteiger charge is -2.04. The van der Waals surface area contributed by atoms with Crippen molar-refractivity contribution in [2.24, 2.45) is 0 Å². The second kappa shape index (κ2) is 4.30. The van der Waals surface area contributed by atoms with Crippen LogP contribution in [0.3, 0.4) is 0 Å². The van der Waals surface area contributed by atoms with E-state index < -0.39 is 0 Å². The highest BCUT2D eigenvalue weighted by Gasteiger charge is 2.20. The van der Waals surface area contributed by atoms with E-state index in [0.29, 0.717) is 12.2 Å². The topological polar surface area (TPSA) is 26.3 Å². The summed E-state index contributed by atoms with van der Waals surface area (Å²) in [5, 5.41) is 0. The van der Waals surface area contributed by atoms with Crippen LogP contribution in [-0.4, -0.2) is 12.6 Å². The Morgan fingerprint density at radius 2 is 2.11 bits per heavy atom. The molecule has 3 aliphatic carbocycles. The van der Waals surface area contributed by atoms with Gasteiger partial charge in [0, 0.05) is 0 Å². The van der Waals surface area contributed by atoms with Crippen LogP contribution in [0.1, 0.15) is 28.4 Å². The van der Waals surface area contributed by atoms with Crippen LogP contribution in [-0.2, 0) is 11.2 Å². The number of hydrogen-bond donors (Lipinski definition) is 0. The molecule has 0 N–H and O–H groups in total. The fourth-order valence-electron chi connectivity index (χ4n) is 2.51. The average Bonchev–Trinajstić information content (AvgIpc) is 2.93. The normalized spacial score (nSPS) is 12.7. The van der Waals surface area contributed by atoms with Gasteiger partial charge in [-0.05, 0) is 41.7 Å². The molecule has 90 valence electrons. The van der Waals surface area contributed by atoms with Crippen molar-refractivity contribution in [3.05, 3.63) is 53.1 Å². The SMILES string of the molecule is CCOC(=O)c1ccc2c3c(cccc1-2)C=CC3. The second-order valence-electron chi connectivity index (χ2n) is 4.36. The lowest BCUT2D eigenvalue weighted by molar-refractivity contribution is 0.0528. The van der Waals surface area contributed by atoms with Crippen LogP contribution in [0.2, 0.25) is 0 Å². The van der Waals surface area contributed by atoms with Gasteiger partial charge < -0.3 is 4.74 Å². The smallest absolute Gasteiger partial charge is 0.338 e. The molecular formula is C16H14O2. The van der Waals surface area contributed by atoms with Crippen molar-refractivity contribution in [2.45, 2.75) is 13.3 Å². The van der Waals surface area contributed by atoms with Crippen molar-refractivity contribution in [2.75, 3.05) is 6.61 Å². The van der Waals surface area contributed by atoms with E-state index in [1.165, 1.54) is 11.1 Å². The Balaban J connectivity index is 2.13. The predicted octanol–water partition coefficient (Wildman–Crippen LogP) is 3.54. The van der Waals surface area contributed by atoms with E-state index in [9.17, 15) is 4.79 Å². The maximum absolute atomic E-state index is 11.9. The predicted molar refractivity (Wildman–Crippen MR) is 71.8 cm³/mol. The molecule has 2 heteroatoms. The summed E-state index contributed by atoms with van der Waals surface area (Å²) in [6.45, 7) is 2.23. The monoisotopic (exact) mass is 238 g/mol. The van der Waals surface area contributed by atoms with Crippen LogP contribution in [0.25, 0.3) is 17.2 Å². The van der Waals surface area contributed by atoms with Gasteiger partial charge in [-0.25, -0.2) is 4.79 Å². The Bertz CT molecular complexity index is 611. The van der Waals surface area contributed by atoms with Crippen LogP contribution in [0, 0.1) is 0 Å². The number of allylic oxidation sites excluding steroid dienone is 1. The summed E-state index contributed by atoms with van der Waals surface area (Å²) < 4.78 is 5.09. The van der Waals surface area contributed by atoms with Gasteiger partial charge in [0.15, 0.2) is 0 Å². The largest absolute Gasteiger partial charge is 0.462 e. The van der Waals surface area contributed by atoms with Crippen molar-refractivity contribution in [1.82, 2.24) is 0 Å². The molecule has 0 unspecified atom stereocenters. The van der Waals surface area contributed by atoms with Gasteiger partial charge in [-0.15, -0.1) is 0 Å². The van der Waals surface area contributed by atoms with E-state index in [1.807, 2.05) is 31.2 Å². The van der Waals surface area contributed by atoms with Gasteiger partial charge in [0.05, 0.1) is 12.2 Å². The maximum atomic E-state index is 11.9. The van der Waals surface area contributed by atoms with E-state index in [0.717, 1.165) is 17.5 Å². The number of fused-ring (bicyclic) bond motifs is 3. The molecule has 0 heterocycles. The summed E-state index contributed by atoms with van der Waals surface area (Å²) in [4.78, 5) is 11.9. The number of hydrogen-bond acceptors (Lipinski definition) is 2. The van der Waals surface area contributed by atoms with Crippen LogP contribution >= 0.6 is 0 Å². The molecule has 0 aromatic heterocycles. The highest BCUT2D eigenvalue weighted by Crippen LogP contribution is 2.35. The van der Waals surface area contributed by atoms with Crippen LogP contribution in [0.4, 0.5) is 0 Å². The van der Waals surface area contributed by atoms with Gasteiger partial charge in [-0.1, -0.05) is 36.4 Å². The molecular weight excluding hydrogens is 224 g/mol. The van der Waals surface area contributed by atoms with Gasteiger partial charge in [0.1, 0.15) is 0 Å². The molecule has 0 saturated carbocycles. The Morgan fingerprint density at radius 3 is 2.94 bits per heavy atom. The molecule has 0 aliphatic heterocycles. The van der Waals surface area contributed by atoms with Crippen LogP contribution < -0.4 is 0 Å². The van der Waals surface area contributed by atoms with Crippen molar-refractivity contribution < 1.29 is 9.53 Å². The Kier molecular flexibility index (Phi) is 2.63. The highest BCUT2D eigenvalue weighted by molar-refractivity contribution is 6.00. The molecule has 0 radical (unpaired) electrons. The van der Waals surface area contributed by atoms with Gasteiger partial charge in [0.25, 0.3) is 0 Å². The standard InChI is InChI=1S/C16H14O2/c1-2-18-16(17)15-10-9-14-12-7-3-5-11(12)6-4-8-13(14)15/h3-6,8-10H,2,7H2,1H3. The number of carbonyl (C=O) groups is 1. The third-order valence-electron chi connectivity index (χ3n) is 3.32. The first kappa shape index (κ1) is 11.0. The van der Waals surface area contributed by atoms with Crippen molar-refractivity contribution in [3.8, 4) is 11.1 Å². The average molecular weight is 238 g/mol. The fourth-order valence-corrected chi connectivity index (χ4v) is 2.51. The van der Waals surface area contributed by atoms with Crippen molar-refractivity contribution in [1.29, 1.82) is 0 Å². The van der Waals surface area contributed by atoms with E-state index >= 15 is 0 Å². The highest BCUT2D eigenvalue weighted by atomic mass is 16.5. The van der Waals surface area contributed by atoms with Gasteiger partial charge >= 0.3 is 5.97 Å². The number of esters is 1. The minimum Gasteiger partial charge on any atom is -0.462 e. The lowest BCUT2D eigenvalue weighted by atomic mass is 10.0. The van der Waals surface area contributed by atoms with Gasteiger partial charge in [-0.3, -0.25) is 0 Å². The molecule has 0 bridgehead atoms. The Hall–Kier alpha value is -2.09. The Labute approximate surface area is 106 Å². The number of carbonyl (C=O) groups excluding carboxylic acids is 1. The summed E-state index contributed by atoms with van der Waals surface area (Å²) in [5.41, 5.74) is 5.34. The molecule has 0 atom stereocenters. The molecule has 0 saturated heterocycles. The zero-order valence-electron chi connectivity index (χ0n) is 10.3. The zero-order valence-corrected chi connectivity index (χ0v) is 10.3. The minimum absolute atomic E-state index is 0.238. The third-order valence-corrected chi connectivity index (χ3v) is 3.32. The number of rotatable bonds is 2. The summed E-state index contributed by atoms with van der Waals surface area (Å²) in [7, 11) is 0.